The van der Waals surface area contributed by atoms with Crippen molar-refractivity contribution < 1.29 is 0 Å². The molecule has 19 heavy (non-hydrogen) atoms. The number of halogens is 1. The highest BCUT2D eigenvalue weighted by Gasteiger charge is 2.07. The van der Waals surface area contributed by atoms with E-state index in [0.29, 0.717) is 12.1 Å². The fourth-order valence-corrected chi connectivity index (χ4v) is 2.14. The molecule has 2 aromatic rings. The third-order valence-corrected chi connectivity index (χ3v) is 3.32. The number of nitrogens with one attached hydrogen (secondary N) is 1. The van der Waals surface area contributed by atoms with Gasteiger partial charge in [0.05, 0.1) is 11.6 Å². The Labute approximate surface area is 118 Å². The Bertz CT molecular complexity index is 602. The van der Waals surface area contributed by atoms with Crippen LogP contribution in [0, 0.1) is 11.3 Å². The SMILES string of the molecule is CC(NCc1ccccc1C#N)c1cccc(Cl)c1. The topological polar surface area (TPSA) is 35.8 Å². The first-order valence-electron chi connectivity index (χ1n) is 6.17. The summed E-state index contributed by atoms with van der Waals surface area (Å²) in [7, 11) is 0. The third kappa shape index (κ3) is 3.57. The molecule has 0 aliphatic carbocycles. The van der Waals surface area contributed by atoms with E-state index in [9.17, 15) is 0 Å². The molecule has 2 rings (SSSR count). The van der Waals surface area contributed by atoms with Crippen LogP contribution in [0.15, 0.2) is 48.5 Å². The first kappa shape index (κ1) is 13.6. The lowest BCUT2D eigenvalue weighted by atomic mass is 10.1. The van der Waals surface area contributed by atoms with Gasteiger partial charge < -0.3 is 5.32 Å². The average molecular weight is 271 g/mol. The van der Waals surface area contributed by atoms with Crippen molar-refractivity contribution in [2.24, 2.45) is 0 Å². The molecule has 2 aromatic carbocycles. The van der Waals surface area contributed by atoms with E-state index in [4.69, 9.17) is 16.9 Å². The summed E-state index contributed by atoms with van der Waals surface area (Å²) in [6, 6.07) is 17.8. The van der Waals surface area contributed by atoms with E-state index in [2.05, 4.69) is 18.3 Å². The van der Waals surface area contributed by atoms with Gasteiger partial charge in [-0.25, -0.2) is 0 Å². The van der Waals surface area contributed by atoms with Gasteiger partial charge in [0.2, 0.25) is 0 Å². The molecule has 0 saturated heterocycles. The third-order valence-electron chi connectivity index (χ3n) is 3.09. The number of hydrogen-bond acceptors (Lipinski definition) is 2. The van der Waals surface area contributed by atoms with Crippen LogP contribution in [-0.4, -0.2) is 0 Å². The summed E-state index contributed by atoms with van der Waals surface area (Å²) in [5, 5.41) is 13.2. The number of nitrogens with zero attached hydrogens (tertiary/aromatic N) is 1. The van der Waals surface area contributed by atoms with Crippen LogP contribution in [0.4, 0.5) is 0 Å². The van der Waals surface area contributed by atoms with Crippen LogP contribution in [0.5, 0.6) is 0 Å². The number of nitriles is 1. The van der Waals surface area contributed by atoms with Crippen molar-refractivity contribution in [2.75, 3.05) is 0 Å². The summed E-state index contributed by atoms with van der Waals surface area (Å²) in [5.74, 6) is 0. The molecular formula is C16H15ClN2. The standard InChI is InChI=1S/C16H15ClN2/c1-12(13-7-4-8-16(17)9-13)19-11-15-6-3-2-5-14(15)10-18/h2-9,12,19H,11H2,1H3. The van der Waals surface area contributed by atoms with Crippen molar-refractivity contribution in [2.45, 2.75) is 19.5 Å². The van der Waals surface area contributed by atoms with Gasteiger partial charge in [0.1, 0.15) is 0 Å². The number of benzene rings is 2. The van der Waals surface area contributed by atoms with Gasteiger partial charge in [0.15, 0.2) is 0 Å². The second kappa shape index (κ2) is 6.38. The predicted molar refractivity (Wildman–Crippen MR) is 77.9 cm³/mol. The van der Waals surface area contributed by atoms with Crippen LogP contribution in [0.3, 0.4) is 0 Å². The molecule has 0 fully saturated rings. The lowest BCUT2D eigenvalue weighted by molar-refractivity contribution is 0.574. The molecule has 3 heteroatoms. The van der Waals surface area contributed by atoms with Crippen molar-refractivity contribution in [1.29, 1.82) is 5.26 Å². The van der Waals surface area contributed by atoms with Crippen LogP contribution < -0.4 is 5.32 Å². The molecule has 2 nitrogen and oxygen atoms in total. The highest BCUT2D eigenvalue weighted by molar-refractivity contribution is 6.30. The second-order valence-corrected chi connectivity index (χ2v) is 4.86. The van der Waals surface area contributed by atoms with E-state index in [-0.39, 0.29) is 6.04 Å². The van der Waals surface area contributed by atoms with Gasteiger partial charge in [-0.1, -0.05) is 41.9 Å². The summed E-state index contributed by atoms with van der Waals surface area (Å²) >= 11 is 5.98. The summed E-state index contributed by atoms with van der Waals surface area (Å²) in [6.45, 7) is 2.75. The largest absolute Gasteiger partial charge is 0.306 e. The minimum atomic E-state index is 0.186. The Morgan fingerprint density at radius 3 is 2.74 bits per heavy atom. The van der Waals surface area contributed by atoms with E-state index in [1.807, 2.05) is 48.5 Å². The molecule has 1 unspecified atom stereocenters. The summed E-state index contributed by atoms with van der Waals surface area (Å²) in [6.07, 6.45) is 0. The molecule has 1 N–H and O–H groups in total. The van der Waals surface area contributed by atoms with Gasteiger partial charge in [0, 0.05) is 17.6 Å². The molecular weight excluding hydrogens is 256 g/mol. The van der Waals surface area contributed by atoms with E-state index >= 15 is 0 Å². The maximum Gasteiger partial charge on any atom is 0.0995 e. The summed E-state index contributed by atoms with van der Waals surface area (Å²) < 4.78 is 0. The first-order valence-corrected chi connectivity index (χ1v) is 6.55. The highest BCUT2D eigenvalue weighted by atomic mass is 35.5. The maximum absolute atomic E-state index is 9.04. The molecule has 0 saturated carbocycles. The number of hydrogen-bond donors (Lipinski definition) is 1. The van der Waals surface area contributed by atoms with E-state index < -0.39 is 0 Å². The van der Waals surface area contributed by atoms with E-state index in [1.54, 1.807) is 0 Å². The lowest BCUT2D eigenvalue weighted by Crippen LogP contribution is -2.18. The van der Waals surface area contributed by atoms with Crippen LogP contribution in [0.2, 0.25) is 5.02 Å². The van der Waals surface area contributed by atoms with Crippen molar-refractivity contribution in [3.05, 3.63) is 70.2 Å². The lowest BCUT2D eigenvalue weighted by Gasteiger charge is -2.15. The zero-order chi connectivity index (χ0) is 13.7. The monoisotopic (exact) mass is 270 g/mol. The van der Waals surface area contributed by atoms with Crippen molar-refractivity contribution >= 4 is 11.6 Å². The normalized spacial score (nSPS) is 11.8. The predicted octanol–water partition coefficient (Wildman–Crippen LogP) is 4.06. The maximum atomic E-state index is 9.04. The van der Waals surface area contributed by atoms with Crippen LogP contribution >= 0.6 is 11.6 Å². The van der Waals surface area contributed by atoms with E-state index in [1.165, 1.54) is 0 Å². The van der Waals surface area contributed by atoms with Crippen molar-refractivity contribution in [3.63, 3.8) is 0 Å². The van der Waals surface area contributed by atoms with Crippen molar-refractivity contribution in [3.8, 4) is 6.07 Å². The van der Waals surface area contributed by atoms with Crippen LogP contribution in [0.25, 0.3) is 0 Å². The quantitative estimate of drug-likeness (QED) is 0.909. The van der Waals surface area contributed by atoms with E-state index in [0.717, 1.165) is 16.1 Å². The van der Waals surface area contributed by atoms with Gasteiger partial charge in [-0.3, -0.25) is 0 Å². The van der Waals surface area contributed by atoms with Gasteiger partial charge in [-0.15, -0.1) is 0 Å². The molecule has 0 aromatic heterocycles. The zero-order valence-corrected chi connectivity index (χ0v) is 11.5. The molecule has 0 aliphatic heterocycles. The molecule has 0 radical (unpaired) electrons. The smallest absolute Gasteiger partial charge is 0.0995 e. The Morgan fingerprint density at radius 1 is 1.21 bits per heavy atom. The average Bonchev–Trinajstić information content (AvgIpc) is 2.45. The molecule has 1 atom stereocenters. The van der Waals surface area contributed by atoms with Crippen LogP contribution in [-0.2, 0) is 6.54 Å². The molecule has 0 spiro atoms. The van der Waals surface area contributed by atoms with Gasteiger partial charge in [0.25, 0.3) is 0 Å². The molecule has 0 aliphatic rings. The minimum absolute atomic E-state index is 0.186. The Balaban J connectivity index is 2.05. The van der Waals surface area contributed by atoms with Gasteiger partial charge in [-0.2, -0.15) is 5.26 Å². The second-order valence-electron chi connectivity index (χ2n) is 4.43. The summed E-state index contributed by atoms with van der Waals surface area (Å²) in [4.78, 5) is 0. The Hall–Kier alpha value is -1.82. The fourth-order valence-electron chi connectivity index (χ4n) is 1.94. The summed E-state index contributed by atoms with van der Waals surface area (Å²) in [5.41, 5.74) is 2.87. The Kier molecular flexibility index (Phi) is 4.57. The van der Waals surface area contributed by atoms with Gasteiger partial charge in [-0.05, 0) is 36.2 Å². The molecule has 0 heterocycles. The minimum Gasteiger partial charge on any atom is -0.306 e. The van der Waals surface area contributed by atoms with Crippen molar-refractivity contribution in [1.82, 2.24) is 5.32 Å². The Morgan fingerprint density at radius 2 is 2.00 bits per heavy atom. The molecule has 96 valence electrons. The highest BCUT2D eigenvalue weighted by Crippen LogP contribution is 2.18. The molecule has 0 amide bonds. The molecule has 0 bridgehead atoms. The fraction of sp³-hybridized carbons (Fsp3) is 0.188. The van der Waals surface area contributed by atoms with Crippen LogP contribution in [0.1, 0.15) is 29.7 Å². The van der Waals surface area contributed by atoms with Gasteiger partial charge >= 0.3 is 0 Å². The number of rotatable bonds is 4. The first-order chi connectivity index (χ1) is 9.20. The zero-order valence-electron chi connectivity index (χ0n) is 10.7.